The van der Waals surface area contributed by atoms with Crippen molar-refractivity contribution in [2.45, 2.75) is 9.79 Å². The Morgan fingerprint density at radius 3 is 2.23 bits per heavy atom. The third-order valence-corrected chi connectivity index (χ3v) is 4.99. The molecule has 0 spiro atoms. The molecule has 2 rings (SSSR count). The van der Waals surface area contributed by atoms with E-state index in [2.05, 4.69) is 10.0 Å². The molecule has 1 heterocycles. The molecule has 126 valence electrons. The lowest BCUT2D eigenvalue weighted by atomic mass is 10.3. The monoisotopic (exact) mass is 393 g/mol. The van der Waals surface area contributed by atoms with Gasteiger partial charge in [0.2, 0.25) is 20.0 Å². The maximum absolute atomic E-state index is 11.6. The predicted molar refractivity (Wildman–Crippen MR) is 79.1 cm³/mol. The van der Waals surface area contributed by atoms with Crippen molar-refractivity contribution in [3.05, 3.63) is 17.2 Å². The molecule has 1 aromatic carbocycles. The summed E-state index contributed by atoms with van der Waals surface area (Å²) >= 11 is 5.72. The Hall–Kier alpha value is -0.960. The van der Waals surface area contributed by atoms with E-state index in [1.54, 1.807) is 0 Å². The Bertz CT molecular complexity index is 885. The highest BCUT2D eigenvalue weighted by molar-refractivity contribution is 7.90. The van der Waals surface area contributed by atoms with E-state index in [0.29, 0.717) is 6.26 Å². The summed E-state index contributed by atoms with van der Waals surface area (Å²) < 4.78 is 73.7. The van der Waals surface area contributed by atoms with Crippen molar-refractivity contribution < 1.29 is 29.8 Å². The lowest BCUT2D eigenvalue weighted by Crippen LogP contribution is -2.34. The highest BCUT2D eigenvalue weighted by atomic mass is 35.5. The first-order valence-electron chi connectivity index (χ1n) is 5.24. The van der Waals surface area contributed by atoms with Crippen LogP contribution in [0.5, 0.6) is 0 Å². The molecule has 10 nitrogen and oxygen atoms in total. The molecule has 1 aliphatic rings. The SMILES string of the molecule is CS(=O)(=O)O.NS(=O)(=O)c1cc2c(cc1Cl)NCNS2(=O)=O. The second-order valence-corrected chi connectivity index (χ2v) is 9.20. The molecule has 0 fully saturated rings. The fourth-order valence-electron chi connectivity index (χ4n) is 1.42. The molecule has 0 saturated heterocycles. The van der Waals surface area contributed by atoms with Crippen molar-refractivity contribution in [1.82, 2.24) is 4.72 Å². The molecule has 22 heavy (non-hydrogen) atoms. The van der Waals surface area contributed by atoms with Crippen LogP contribution in [0.3, 0.4) is 0 Å². The minimum atomic E-state index is -4.07. The van der Waals surface area contributed by atoms with Gasteiger partial charge in [0.15, 0.2) is 0 Å². The fourth-order valence-corrected chi connectivity index (χ4v) is 3.70. The maximum Gasteiger partial charge on any atom is 0.261 e. The first-order valence-corrected chi connectivity index (χ1v) is 10.5. The molecular weight excluding hydrogens is 382 g/mol. The summed E-state index contributed by atoms with van der Waals surface area (Å²) in [6, 6.07) is 2.15. The number of sulfonamides is 2. The van der Waals surface area contributed by atoms with Gasteiger partial charge in [0.25, 0.3) is 10.1 Å². The van der Waals surface area contributed by atoms with Gasteiger partial charge < -0.3 is 5.32 Å². The van der Waals surface area contributed by atoms with E-state index in [9.17, 15) is 25.3 Å². The number of hydrogen-bond donors (Lipinski definition) is 4. The Morgan fingerprint density at radius 1 is 1.27 bits per heavy atom. The molecule has 0 unspecified atom stereocenters. The quantitative estimate of drug-likeness (QED) is 0.446. The maximum atomic E-state index is 11.6. The van der Waals surface area contributed by atoms with Crippen LogP contribution in [-0.2, 0) is 30.2 Å². The lowest BCUT2D eigenvalue weighted by Gasteiger charge is -2.20. The second-order valence-electron chi connectivity index (χ2n) is 4.06. The molecule has 14 heteroatoms. The van der Waals surface area contributed by atoms with Gasteiger partial charge in [0, 0.05) is 0 Å². The van der Waals surface area contributed by atoms with Crippen LogP contribution in [0.4, 0.5) is 5.69 Å². The van der Waals surface area contributed by atoms with Crippen molar-refractivity contribution in [1.29, 1.82) is 0 Å². The highest BCUT2D eigenvalue weighted by Gasteiger charge is 2.26. The molecule has 0 saturated carbocycles. The Balaban J connectivity index is 0.000000422. The molecule has 0 amide bonds. The summed E-state index contributed by atoms with van der Waals surface area (Å²) in [5.74, 6) is 0. The van der Waals surface area contributed by atoms with E-state index in [1.165, 1.54) is 6.07 Å². The second kappa shape index (κ2) is 6.27. The van der Waals surface area contributed by atoms with Crippen LogP contribution in [0.25, 0.3) is 0 Å². The van der Waals surface area contributed by atoms with Crippen LogP contribution in [0.1, 0.15) is 0 Å². The molecule has 0 radical (unpaired) electrons. The number of hydrogen-bond acceptors (Lipinski definition) is 7. The van der Waals surface area contributed by atoms with Crippen molar-refractivity contribution in [2.75, 3.05) is 18.2 Å². The van der Waals surface area contributed by atoms with Gasteiger partial charge >= 0.3 is 0 Å². The Labute approximate surface area is 132 Å². The third kappa shape index (κ3) is 5.35. The van der Waals surface area contributed by atoms with Gasteiger partial charge in [-0.15, -0.1) is 0 Å². The number of nitrogens with one attached hydrogen (secondary N) is 2. The van der Waals surface area contributed by atoms with Gasteiger partial charge in [-0.1, -0.05) is 11.6 Å². The predicted octanol–water partition coefficient (Wildman–Crippen LogP) is -0.847. The Morgan fingerprint density at radius 2 is 1.77 bits per heavy atom. The molecule has 1 aliphatic heterocycles. The molecule has 0 aromatic heterocycles. The molecule has 0 bridgehead atoms. The van der Waals surface area contributed by atoms with Crippen LogP contribution >= 0.6 is 11.6 Å². The van der Waals surface area contributed by atoms with Gasteiger partial charge in [-0.3, -0.25) is 4.55 Å². The fraction of sp³-hybridized carbons (Fsp3) is 0.250. The van der Waals surface area contributed by atoms with Gasteiger partial charge in [-0.25, -0.2) is 22.0 Å². The number of primary sulfonamides is 1. The number of rotatable bonds is 1. The minimum absolute atomic E-state index is 0.0143. The number of nitrogens with two attached hydrogens (primary N) is 1. The Kier molecular flexibility index (Phi) is 5.44. The van der Waals surface area contributed by atoms with E-state index >= 15 is 0 Å². The average Bonchev–Trinajstić information content (AvgIpc) is 2.23. The summed E-state index contributed by atoms with van der Waals surface area (Å²) in [5.41, 5.74) is 0.237. The summed E-state index contributed by atoms with van der Waals surface area (Å²) in [5, 5.41) is 7.53. The van der Waals surface area contributed by atoms with Crippen LogP contribution in [0.2, 0.25) is 5.02 Å². The highest BCUT2D eigenvalue weighted by Crippen LogP contribution is 2.32. The van der Waals surface area contributed by atoms with Crippen molar-refractivity contribution in [2.24, 2.45) is 5.14 Å². The molecular formula is C8H12ClN3O7S3. The zero-order valence-corrected chi connectivity index (χ0v) is 14.1. The van der Waals surface area contributed by atoms with Gasteiger partial charge in [-0.2, -0.15) is 13.1 Å². The smallest absolute Gasteiger partial charge is 0.261 e. The van der Waals surface area contributed by atoms with Gasteiger partial charge in [-0.05, 0) is 12.1 Å². The van der Waals surface area contributed by atoms with E-state index in [0.717, 1.165) is 6.07 Å². The first-order chi connectivity index (χ1) is 9.72. The normalized spacial score (nSPS) is 16.7. The van der Waals surface area contributed by atoms with Crippen LogP contribution in [-0.4, -0.2) is 42.7 Å². The number of benzene rings is 1. The van der Waals surface area contributed by atoms with Crippen molar-refractivity contribution >= 4 is 47.5 Å². The summed E-state index contributed by atoms with van der Waals surface area (Å²) in [4.78, 5) is -0.621. The average molecular weight is 394 g/mol. The molecule has 5 N–H and O–H groups in total. The van der Waals surface area contributed by atoms with Crippen LogP contribution in [0.15, 0.2) is 21.9 Å². The lowest BCUT2D eigenvalue weighted by molar-refractivity contribution is 0.490. The molecule has 0 aliphatic carbocycles. The third-order valence-electron chi connectivity index (χ3n) is 2.17. The minimum Gasteiger partial charge on any atom is -0.370 e. The standard InChI is InChI=1S/C7H8ClN3O4S2.CH4O3S/c8-4-1-5-7(2-6(4)16(9,12)13)17(14,15)11-3-10-5;1-5(2,3)4/h1-2,10-11H,3H2,(H2,9,12,13);1H3,(H,2,3,4). The topological polar surface area (TPSA) is 173 Å². The van der Waals surface area contributed by atoms with Crippen molar-refractivity contribution in [3.8, 4) is 0 Å². The van der Waals surface area contributed by atoms with Crippen LogP contribution < -0.4 is 15.2 Å². The largest absolute Gasteiger partial charge is 0.370 e. The number of anilines is 1. The van der Waals surface area contributed by atoms with E-state index in [1.807, 2.05) is 0 Å². The zero-order valence-electron chi connectivity index (χ0n) is 10.9. The first kappa shape index (κ1) is 19.1. The van der Waals surface area contributed by atoms with Gasteiger partial charge in [0.05, 0.1) is 23.6 Å². The number of fused-ring (bicyclic) bond motifs is 1. The summed E-state index contributed by atoms with van der Waals surface area (Å²) in [7, 11) is -11.5. The van der Waals surface area contributed by atoms with E-state index in [4.69, 9.17) is 21.3 Å². The summed E-state index contributed by atoms with van der Waals surface area (Å²) in [6.07, 6.45) is 0.715. The van der Waals surface area contributed by atoms with Crippen LogP contribution in [0, 0.1) is 0 Å². The molecule has 1 aromatic rings. The van der Waals surface area contributed by atoms with Crippen molar-refractivity contribution in [3.63, 3.8) is 0 Å². The van der Waals surface area contributed by atoms with E-state index < -0.39 is 35.1 Å². The zero-order chi connectivity index (χ0) is 17.3. The van der Waals surface area contributed by atoms with Gasteiger partial charge in [0.1, 0.15) is 9.79 Å². The number of halogens is 1. The molecule has 0 atom stereocenters. The summed E-state index contributed by atoms with van der Waals surface area (Å²) in [6.45, 7) is 0.0143. The van der Waals surface area contributed by atoms with E-state index in [-0.39, 0.29) is 22.3 Å².